The minimum absolute atomic E-state index is 0.107. The van der Waals surface area contributed by atoms with Gasteiger partial charge in [0.05, 0.1) is 4.47 Å². The van der Waals surface area contributed by atoms with Crippen molar-refractivity contribution in [3.05, 3.63) is 28.5 Å². The summed E-state index contributed by atoms with van der Waals surface area (Å²) in [6.07, 6.45) is 0.633. The van der Waals surface area contributed by atoms with Gasteiger partial charge in [-0.1, -0.05) is 6.92 Å². The first-order valence-electron chi connectivity index (χ1n) is 5.00. The molecule has 16 heavy (non-hydrogen) atoms. The van der Waals surface area contributed by atoms with E-state index in [1.165, 1.54) is 18.2 Å². The molecule has 0 aromatic heterocycles. The van der Waals surface area contributed by atoms with Gasteiger partial charge >= 0.3 is 0 Å². The number of nitrogens with one attached hydrogen (secondary N) is 1. The molecule has 1 aromatic rings. The highest BCUT2D eigenvalue weighted by Crippen LogP contribution is 2.20. The molecule has 1 atom stereocenters. The van der Waals surface area contributed by atoms with Gasteiger partial charge in [-0.2, -0.15) is 0 Å². The average molecular weight is 289 g/mol. The van der Waals surface area contributed by atoms with Crippen molar-refractivity contribution in [3.8, 4) is 0 Å². The highest BCUT2D eigenvalue weighted by Gasteiger charge is 2.12. The van der Waals surface area contributed by atoms with Gasteiger partial charge in [-0.3, -0.25) is 4.79 Å². The van der Waals surface area contributed by atoms with E-state index in [-0.39, 0.29) is 17.6 Å². The van der Waals surface area contributed by atoms with E-state index in [2.05, 4.69) is 21.2 Å². The van der Waals surface area contributed by atoms with Crippen LogP contribution in [-0.2, 0) is 4.79 Å². The fraction of sp³-hybridized carbons (Fsp3) is 0.364. The average Bonchev–Trinajstić information content (AvgIpc) is 2.24. The predicted octanol–water partition coefficient (Wildman–Crippen LogP) is 2.51. The van der Waals surface area contributed by atoms with E-state index in [1.807, 2.05) is 0 Å². The molecule has 5 heteroatoms. The van der Waals surface area contributed by atoms with E-state index < -0.39 is 0 Å². The topological polar surface area (TPSA) is 55.1 Å². The molecule has 88 valence electrons. The Balaban J connectivity index is 2.66. The van der Waals surface area contributed by atoms with Crippen LogP contribution < -0.4 is 11.1 Å². The number of benzene rings is 1. The lowest BCUT2D eigenvalue weighted by atomic mass is 10.1. The van der Waals surface area contributed by atoms with E-state index in [9.17, 15) is 9.18 Å². The summed E-state index contributed by atoms with van der Waals surface area (Å²) in [7, 11) is 0. The van der Waals surface area contributed by atoms with Crippen LogP contribution in [0, 0.1) is 11.7 Å². The van der Waals surface area contributed by atoms with Crippen LogP contribution in [0.5, 0.6) is 0 Å². The van der Waals surface area contributed by atoms with Crippen molar-refractivity contribution in [1.29, 1.82) is 0 Å². The largest absolute Gasteiger partial charge is 0.330 e. The van der Waals surface area contributed by atoms with Crippen LogP contribution in [-0.4, -0.2) is 12.5 Å². The number of hydrogen-bond donors (Lipinski definition) is 2. The highest BCUT2D eigenvalue weighted by atomic mass is 79.9. The van der Waals surface area contributed by atoms with Crippen molar-refractivity contribution < 1.29 is 9.18 Å². The Bertz CT molecular complexity index is 384. The molecule has 0 saturated carbocycles. The SMILES string of the molecule is CC(CCN)C(=O)Nc1ccc(F)c(Br)c1. The number of carbonyl (C=O) groups is 1. The first-order chi connectivity index (χ1) is 7.54. The molecule has 0 aliphatic heterocycles. The highest BCUT2D eigenvalue weighted by molar-refractivity contribution is 9.10. The van der Waals surface area contributed by atoms with Gasteiger partial charge < -0.3 is 11.1 Å². The van der Waals surface area contributed by atoms with Crippen molar-refractivity contribution in [1.82, 2.24) is 0 Å². The van der Waals surface area contributed by atoms with Crippen LogP contribution in [0.15, 0.2) is 22.7 Å². The third kappa shape index (κ3) is 3.57. The summed E-state index contributed by atoms with van der Waals surface area (Å²) < 4.78 is 13.3. The van der Waals surface area contributed by atoms with Crippen LogP contribution in [0.3, 0.4) is 0 Å². The molecule has 0 bridgehead atoms. The number of rotatable bonds is 4. The van der Waals surface area contributed by atoms with Crippen molar-refractivity contribution in [3.63, 3.8) is 0 Å². The second-order valence-electron chi connectivity index (χ2n) is 3.60. The zero-order valence-electron chi connectivity index (χ0n) is 8.97. The van der Waals surface area contributed by atoms with Crippen LogP contribution >= 0.6 is 15.9 Å². The number of carbonyl (C=O) groups excluding carboxylic acids is 1. The maximum atomic E-state index is 12.9. The Morgan fingerprint density at radius 2 is 2.31 bits per heavy atom. The summed E-state index contributed by atoms with van der Waals surface area (Å²) in [5.41, 5.74) is 5.94. The minimum Gasteiger partial charge on any atom is -0.330 e. The Morgan fingerprint density at radius 3 is 2.88 bits per heavy atom. The molecule has 0 aliphatic rings. The summed E-state index contributed by atoms with van der Waals surface area (Å²) in [5.74, 6) is -0.606. The monoisotopic (exact) mass is 288 g/mol. The molecule has 0 fully saturated rings. The number of halogens is 2. The second kappa shape index (κ2) is 5.96. The number of nitrogens with two attached hydrogens (primary N) is 1. The molecular formula is C11H14BrFN2O. The molecule has 1 amide bonds. The van der Waals surface area contributed by atoms with Crippen LogP contribution in [0.2, 0.25) is 0 Å². The maximum absolute atomic E-state index is 12.9. The quantitative estimate of drug-likeness (QED) is 0.894. The summed E-state index contributed by atoms with van der Waals surface area (Å²) in [6.45, 7) is 2.28. The van der Waals surface area contributed by atoms with Gasteiger partial charge in [-0.15, -0.1) is 0 Å². The van der Waals surface area contributed by atoms with Crippen LogP contribution in [0.4, 0.5) is 10.1 Å². The molecule has 1 aromatic carbocycles. The fourth-order valence-corrected chi connectivity index (χ4v) is 1.60. The van der Waals surface area contributed by atoms with E-state index in [0.717, 1.165) is 0 Å². The van der Waals surface area contributed by atoms with Gasteiger partial charge in [0.2, 0.25) is 5.91 Å². The lowest BCUT2D eigenvalue weighted by molar-refractivity contribution is -0.119. The van der Waals surface area contributed by atoms with Gasteiger partial charge in [0.25, 0.3) is 0 Å². The Labute approximate surface area is 102 Å². The normalized spacial score (nSPS) is 12.2. The van der Waals surface area contributed by atoms with Gasteiger partial charge in [0, 0.05) is 11.6 Å². The summed E-state index contributed by atoms with van der Waals surface area (Å²) >= 11 is 3.06. The zero-order chi connectivity index (χ0) is 12.1. The first kappa shape index (κ1) is 13.1. The van der Waals surface area contributed by atoms with Crippen molar-refractivity contribution in [2.45, 2.75) is 13.3 Å². The maximum Gasteiger partial charge on any atom is 0.227 e. The van der Waals surface area contributed by atoms with Crippen LogP contribution in [0.25, 0.3) is 0 Å². The summed E-state index contributed by atoms with van der Waals surface area (Å²) in [5, 5.41) is 2.70. The number of amides is 1. The molecule has 0 saturated heterocycles. The molecule has 0 aliphatic carbocycles. The smallest absolute Gasteiger partial charge is 0.227 e. The van der Waals surface area contributed by atoms with Gasteiger partial charge in [0.1, 0.15) is 5.82 Å². The molecule has 1 rings (SSSR count). The molecular weight excluding hydrogens is 275 g/mol. The Hall–Kier alpha value is -0.940. The third-order valence-electron chi connectivity index (χ3n) is 2.23. The molecule has 3 N–H and O–H groups in total. The van der Waals surface area contributed by atoms with E-state index in [0.29, 0.717) is 23.1 Å². The van der Waals surface area contributed by atoms with E-state index in [1.54, 1.807) is 6.92 Å². The number of anilines is 1. The Kier molecular flexibility index (Phi) is 4.89. The van der Waals surface area contributed by atoms with Crippen molar-refractivity contribution in [2.75, 3.05) is 11.9 Å². The van der Waals surface area contributed by atoms with Crippen molar-refractivity contribution in [2.24, 2.45) is 11.7 Å². The van der Waals surface area contributed by atoms with Gasteiger partial charge in [-0.25, -0.2) is 4.39 Å². The molecule has 0 spiro atoms. The lowest BCUT2D eigenvalue weighted by Crippen LogP contribution is -2.22. The first-order valence-corrected chi connectivity index (χ1v) is 5.80. The zero-order valence-corrected chi connectivity index (χ0v) is 10.6. The molecule has 1 unspecified atom stereocenters. The fourth-order valence-electron chi connectivity index (χ4n) is 1.22. The van der Waals surface area contributed by atoms with Gasteiger partial charge in [0.15, 0.2) is 0 Å². The third-order valence-corrected chi connectivity index (χ3v) is 2.84. The van der Waals surface area contributed by atoms with Crippen molar-refractivity contribution >= 4 is 27.5 Å². The number of hydrogen-bond acceptors (Lipinski definition) is 2. The van der Waals surface area contributed by atoms with Crippen LogP contribution in [0.1, 0.15) is 13.3 Å². The second-order valence-corrected chi connectivity index (χ2v) is 4.45. The molecule has 3 nitrogen and oxygen atoms in total. The summed E-state index contributed by atoms with van der Waals surface area (Å²) in [6, 6.07) is 4.35. The minimum atomic E-state index is -0.354. The van der Waals surface area contributed by atoms with E-state index >= 15 is 0 Å². The summed E-state index contributed by atoms with van der Waals surface area (Å²) in [4.78, 5) is 11.6. The Morgan fingerprint density at radius 1 is 1.62 bits per heavy atom. The van der Waals surface area contributed by atoms with Gasteiger partial charge in [-0.05, 0) is 47.1 Å². The predicted molar refractivity (Wildman–Crippen MR) is 65.6 cm³/mol. The van der Waals surface area contributed by atoms with E-state index in [4.69, 9.17) is 5.73 Å². The molecule has 0 radical (unpaired) electrons. The lowest BCUT2D eigenvalue weighted by Gasteiger charge is -2.11. The molecule has 0 heterocycles. The standard InChI is InChI=1S/C11H14BrFN2O/c1-7(4-5-14)11(16)15-8-2-3-10(13)9(12)6-8/h2-3,6-7H,4-5,14H2,1H3,(H,15,16).